The number of benzene rings is 1. The Morgan fingerprint density at radius 3 is 2.60 bits per heavy atom. The van der Waals surface area contributed by atoms with Gasteiger partial charge in [-0.05, 0) is 36.2 Å². The van der Waals surface area contributed by atoms with Crippen LogP contribution in [0.2, 0.25) is 15.1 Å². The average molecular weight is 330 g/mol. The predicted octanol–water partition coefficient (Wildman–Crippen LogP) is 5.13. The molecule has 2 aromatic rings. The molecule has 0 aliphatic heterocycles. The van der Waals surface area contributed by atoms with Crippen LogP contribution in [0.4, 0.5) is 0 Å². The maximum atomic E-state index is 6.34. The third kappa shape index (κ3) is 3.44. The second kappa shape index (κ2) is 7.28. The van der Waals surface area contributed by atoms with Gasteiger partial charge in [0, 0.05) is 12.4 Å². The lowest BCUT2D eigenvalue weighted by Crippen LogP contribution is -2.24. The first-order valence-corrected chi connectivity index (χ1v) is 7.55. The molecule has 0 amide bonds. The molecule has 20 heavy (non-hydrogen) atoms. The van der Waals surface area contributed by atoms with Gasteiger partial charge in [0.25, 0.3) is 0 Å². The zero-order valence-electron chi connectivity index (χ0n) is 11.0. The summed E-state index contributed by atoms with van der Waals surface area (Å²) in [6, 6.07) is 7.42. The molecule has 2 rings (SSSR count). The van der Waals surface area contributed by atoms with Crippen LogP contribution in [0.3, 0.4) is 0 Å². The van der Waals surface area contributed by atoms with Gasteiger partial charge in [-0.1, -0.05) is 53.9 Å². The fourth-order valence-electron chi connectivity index (χ4n) is 2.04. The zero-order chi connectivity index (χ0) is 14.5. The van der Waals surface area contributed by atoms with Crippen molar-refractivity contribution in [2.45, 2.75) is 19.4 Å². The van der Waals surface area contributed by atoms with Gasteiger partial charge in [-0.15, -0.1) is 0 Å². The highest BCUT2D eigenvalue weighted by atomic mass is 35.5. The summed E-state index contributed by atoms with van der Waals surface area (Å²) in [5.41, 5.74) is 1.86. The van der Waals surface area contributed by atoms with Crippen LogP contribution in [0.1, 0.15) is 30.5 Å². The van der Waals surface area contributed by atoms with Crippen molar-refractivity contribution in [3.63, 3.8) is 0 Å². The first kappa shape index (κ1) is 15.6. The molecule has 1 N–H and O–H groups in total. The van der Waals surface area contributed by atoms with Crippen molar-refractivity contribution in [1.82, 2.24) is 10.3 Å². The maximum Gasteiger partial charge on any atom is 0.0643 e. The molecule has 5 heteroatoms. The SMILES string of the molecule is CCCNC(c1ccncc1Cl)c1cccc(Cl)c1Cl. The van der Waals surface area contributed by atoms with Crippen molar-refractivity contribution >= 4 is 34.8 Å². The van der Waals surface area contributed by atoms with Crippen LogP contribution >= 0.6 is 34.8 Å². The van der Waals surface area contributed by atoms with Crippen molar-refractivity contribution in [2.24, 2.45) is 0 Å². The van der Waals surface area contributed by atoms with Gasteiger partial charge in [0.15, 0.2) is 0 Å². The van der Waals surface area contributed by atoms with Crippen molar-refractivity contribution in [3.05, 3.63) is 62.9 Å². The average Bonchev–Trinajstić information content (AvgIpc) is 2.45. The first-order chi connectivity index (χ1) is 9.65. The number of hydrogen-bond acceptors (Lipinski definition) is 2. The van der Waals surface area contributed by atoms with Crippen LogP contribution < -0.4 is 5.32 Å². The molecule has 0 saturated carbocycles. The fourth-order valence-corrected chi connectivity index (χ4v) is 2.69. The van der Waals surface area contributed by atoms with Gasteiger partial charge in [-0.3, -0.25) is 4.98 Å². The molecular formula is C15H15Cl3N2. The van der Waals surface area contributed by atoms with Crippen molar-refractivity contribution in [3.8, 4) is 0 Å². The van der Waals surface area contributed by atoms with Crippen LogP contribution in [-0.4, -0.2) is 11.5 Å². The van der Waals surface area contributed by atoms with E-state index >= 15 is 0 Å². The molecule has 106 valence electrons. The lowest BCUT2D eigenvalue weighted by Gasteiger charge is -2.22. The number of halogens is 3. The number of hydrogen-bond donors (Lipinski definition) is 1. The van der Waals surface area contributed by atoms with E-state index in [0.29, 0.717) is 15.1 Å². The normalized spacial score (nSPS) is 12.4. The summed E-state index contributed by atoms with van der Waals surface area (Å²) < 4.78 is 0. The Bertz CT molecular complexity index is 587. The molecule has 1 aromatic carbocycles. The van der Waals surface area contributed by atoms with Gasteiger partial charge in [0.2, 0.25) is 0 Å². The highest BCUT2D eigenvalue weighted by molar-refractivity contribution is 6.42. The van der Waals surface area contributed by atoms with Gasteiger partial charge in [0.1, 0.15) is 0 Å². The monoisotopic (exact) mass is 328 g/mol. The second-order valence-electron chi connectivity index (χ2n) is 4.43. The zero-order valence-corrected chi connectivity index (χ0v) is 13.3. The van der Waals surface area contributed by atoms with E-state index in [9.17, 15) is 0 Å². The Labute approximate surface area is 134 Å². The van der Waals surface area contributed by atoms with E-state index in [1.807, 2.05) is 18.2 Å². The largest absolute Gasteiger partial charge is 0.306 e. The molecule has 0 spiro atoms. The molecular weight excluding hydrogens is 315 g/mol. The van der Waals surface area contributed by atoms with Crippen LogP contribution in [0.5, 0.6) is 0 Å². The van der Waals surface area contributed by atoms with Gasteiger partial charge in [-0.25, -0.2) is 0 Å². The Kier molecular flexibility index (Phi) is 5.67. The Hall–Kier alpha value is -0.800. The lowest BCUT2D eigenvalue weighted by atomic mass is 9.99. The van der Waals surface area contributed by atoms with Gasteiger partial charge in [0.05, 0.1) is 21.1 Å². The minimum absolute atomic E-state index is 0.100. The highest BCUT2D eigenvalue weighted by Crippen LogP contribution is 2.35. The van der Waals surface area contributed by atoms with E-state index in [1.54, 1.807) is 18.5 Å². The molecule has 0 aliphatic rings. The molecule has 1 aromatic heterocycles. The number of nitrogens with one attached hydrogen (secondary N) is 1. The summed E-state index contributed by atoms with van der Waals surface area (Å²) in [6.07, 6.45) is 4.37. The van der Waals surface area contributed by atoms with Crippen LogP contribution in [0, 0.1) is 0 Å². The summed E-state index contributed by atoms with van der Waals surface area (Å²) >= 11 is 18.7. The van der Waals surface area contributed by atoms with Crippen LogP contribution in [0.25, 0.3) is 0 Å². The standard InChI is InChI=1S/C15H15Cl3N2/c1-2-7-20-15(10-6-8-19-9-13(10)17)11-4-3-5-12(16)14(11)18/h3-6,8-9,15,20H,2,7H2,1H3. The summed E-state index contributed by atoms with van der Waals surface area (Å²) in [6.45, 7) is 2.96. The second-order valence-corrected chi connectivity index (χ2v) is 5.62. The highest BCUT2D eigenvalue weighted by Gasteiger charge is 2.20. The Balaban J connectivity index is 2.47. The Morgan fingerprint density at radius 2 is 1.90 bits per heavy atom. The number of rotatable bonds is 5. The summed E-state index contributed by atoms with van der Waals surface area (Å²) in [4.78, 5) is 4.02. The van der Waals surface area contributed by atoms with E-state index in [4.69, 9.17) is 34.8 Å². The van der Waals surface area contributed by atoms with Gasteiger partial charge < -0.3 is 5.32 Å². The molecule has 1 heterocycles. The van der Waals surface area contributed by atoms with Crippen molar-refractivity contribution in [2.75, 3.05) is 6.54 Å². The molecule has 0 fully saturated rings. The van der Waals surface area contributed by atoms with E-state index < -0.39 is 0 Å². The van der Waals surface area contributed by atoms with Crippen LogP contribution in [0.15, 0.2) is 36.7 Å². The minimum atomic E-state index is -0.100. The summed E-state index contributed by atoms with van der Waals surface area (Å²) in [5, 5.41) is 5.16. The molecule has 0 bridgehead atoms. The topological polar surface area (TPSA) is 24.9 Å². The Morgan fingerprint density at radius 1 is 1.10 bits per heavy atom. The number of pyridine rings is 1. The van der Waals surface area contributed by atoms with E-state index in [-0.39, 0.29) is 6.04 Å². The van der Waals surface area contributed by atoms with E-state index in [0.717, 1.165) is 24.1 Å². The molecule has 2 nitrogen and oxygen atoms in total. The lowest BCUT2D eigenvalue weighted by molar-refractivity contribution is 0.598. The molecule has 1 unspecified atom stereocenters. The third-order valence-electron chi connectivity index (χ3n) is 3.01. The fraction of sp³-hybridized carbons (Fsp3) is 0.267. The smallest absolute Gasteiger partial charge is 0.0643 e. The maximum absolute atomic E-state index is 6.34. The molecule has 0 aliphatic carbocycles. The van der Waals surface area contributed by atoms with E-state index in [2.05, 4.69) is 17.2 Å². The summed E-state index contributed by atoms with van der Waals surface area (Å²) in [5.74, 6) is 0. The summed E-state index contributed by atoms with van der Waals surface area (Å²) in [7, 11) is 0. The molecule has 0 radical (unpaired) electrons. The number of aromatic nitrogens is 1. The quantitative estimate of drug-likeness (QED) is 0.822. The molecule has 1 atom stereocenters. The number of nitrogens with zero attached hydrogens (tertiary/aromatic N) is 1. The first-order valence-electron chi connectivity index (χ1n) is 6.41. The third-order valence-corrected chi connectivity index (χ3v) is 4.16. The van der Waals surface area contributed by atoms with Crippen LogP contribution in [-0.2, 0) is 0 Å². The van der Waals surface area contributed by atoms with E-state index in [1.165, 1.54) is 0 Å². The van der Waals surface area contributed by atoms with Gasteiger partial charge in [-0.2, -0.15) is 0 Å². The predicted molar refractivity (Wildman–Crippen MR) is 85.8 cm³/mol. The minimum Gasteiger partial charge on any atom is -0.306 e. The van der Waals surface area contributed by atoms with Crippen molar-refractivity contribution in [1.29, 1.82) is 0 Å². The molecule has 0 saturated heterocycles. The van der Waals surface area contributed by atoms with Gasteiger partial charge >= 0.3 is 0 Å². The van der Waals surface area contributed by atoms with Crippen molar-refractivity contribution < 1.29 is 0 Å².